The maximum absolute atomic E-state index is 13.3. The first-order valence-electron chi connectivity index (χ1n) is 5.61. The molecule has 0 amide bonds. The molecule has 0 spiro atoms. The Labute approximate surface area is 128 Å². The van der Waals surface area contributed by atoms with Gasteiger partial charge in [-0.15, -0.1) is 0 Å². The van der Waals surface area contributed by atoms with Crippen molar-refractivity contribution >= 4 is 37.5 Å². The maximum Gasteiger partial charge on any atom is 0.142 e. The molecule has 2 aromatic rings. The van der Waals surface area contributed by atoms with E-state index in [1.807, 2.05) is 24.3 Å². The zero-order valence-electron chi connectivity index (χ0n) is 10.2. The van der Waals surface area contributed by atoms with Gasteiger partial charge in [0.15, 0.2) is 0 Å². The lowest BCUT2D eigenvalue weighted by Crippen LogP contribution is -2.02. The molecule has 2 nitrogen and oxygen atoms in total. The van der Waals surface area contributed by atoms with Gasteiger partial charge in [0.25, 0.3) is 0 Å². The number of rotatable bonds is 4. The van der Waals surface area contributed by atoms with Crippen LogP contribution < -0.4 is 10.1 Å². The predicted molar refractivity (Wildman–Crippen MR) is 82.1 cm³/mol. The molecule has 0 unspecified atom stereocenters. The first-order chi connectivity index (χ1) is 9.08. The predicted octanol–water partition coefficient (Wildman–Crippen LogP) is 4.97. The Kier molecular flexibility index (Phi) is 4.82. The quantitative estimate of drug-likeness (QED) is 0.798. The average molecular weight is 389 g/mol. The molecular formula is C14H12Br2FNO. The summed E-state index contributed by atoms with van der Waals surface area (Å²) >= 11 is 6.69. The highest BCUT2D eigenvalue weighted by molar-refractivity contribution is 9.10. The van der Waals surface area contributed by atoms with E-state index in [-0.39, 0.29) is 5.82 Å². The molecule has 0 atom stereocenters. The number of halogens is 3. The third-order valence-electron chi connectivity index (χ3n) is 2.57. The summed E-state index contributed by atoms with van der Waals surface area (Å²) in [7, 11) is 1.62. The Bertz CT molecular complexity index is 569. The number of anilines is 1. The summed E-state index contributed by atoms with van der Waals surface area (Å²) in [4.78, 5) is 0. The maximum atomic E-state index is 13.3. The zero-order valence-corrected chi connectivity index (χ0v) is 13.4. The SMILES string of the molecule is COc1ccc(Br)cc1NCc1cc(F)cc(Br)c1. The fourth-order valence-corrected chi connectivity index (χ4v) is 2.60. The van der Waals surface area contributed by atoms with Gasteiger partial charge in [0.05, 0.1) is 12.8 Å². The highest BCUT2D eigenvalue weighted by atomic mass is 79.9. The molecule has 100 valence electrons. The summed E-state index contributed by atoms with van der Waals surface area (Å²) in [5.41, 5.74) is 1.71. The smallest absolute Gasteiger partial charge is 0.142 e. The van der Waals surface area contributed by atoms with Gasteiger partial charge < -0.3 is 10.1 Å². The number of hydrogen-bond donors (Lipinski definition) is 1. The van der Waals surface area contributed by atoms with Crippen LogP contribution in [0.4, 0.5) is 10.1 Å². The van der Waals surface area contributed by atoms with E-state index in [9.17, 15) is 4.39 Å². The number of benzene rings is 2. The van der Waals surface area contributed by atoms with Crippen molar-refractivity contribution in [3.8, 4) is 5.75 Å². The molecule has 5 heteroatoms. The van der Waals surface area contributed by atoms with E-state index in [1.54, 1.807) is 7.11 Å². The number of nitrogens with one attached hydrogen (secondary N) is 1. The molecule has 0 bridgehead atoms. The molecule has 0 saturated carbocycles. The molecule has 0 aliphatic heterocycles. The van der Waals surface area contributed by atoms with E-state index in [0.29, 0.717) is 6.54 Å². The Hall–Kier alpha value is -1.07. The van der Waals surface area contributed by atoms with Gasteiger partial charge in [-0.25, -0.2) is 4.39 Å². The van der Waals surface area contributed by atoms with Crippen LogP contribution in [0.1, 0.15) is 5.56 Å². The molecule has 2 aromatic carbocycles. The van der Waals surface area contributed by atoms with Gasteiger partial charge in [-0.05, 0) is 42.0 Å². The Morgan fingerprint density at radius 3 is 2.58 bits per heavy atom. The summed E-state index contributed by atoms with van der Waals surface area (Å²) in [6.07, 6.45) is 0. The molecule has 0 heterocycles. The van der Waals surface area contributed by atoms with Gasteiger partial charge in [-0.3, -0.25) is 0 Å². The molecule has 1 N–H and O–H groups in total. The van der Waals surface area contributed by atoms with Crippen molar-refractivity contribution in [1.29, 1.82) is 0 Å². The summed E-state index contributed by atoms with van der Waals surface area (Å²) in [6, 6.07) is 10.5. The first-order valence-corrected chi connectivity index (χ1v) is 7.19. The summed E-state index contributed by atoms with van der Waals surface area (Å²) in [5, 5.41) is 3.23. The molecular weight excluding hydrogens is 377 g/mol. The molecule has 0 fully saturated rings. The van der Waals surface area contributed by atoms with Crippen molar-refractivity contribution in [2.24, 2.45) is 0 Å². The fourth-order valence-electron chi connectivity index (χ4n) is 1.73. The Balaban J connectivity index is 2.16. The van der Waals surface area contributed by atoms with Crippen molar-refractivity contribution in [2.45, 2.75) is 6.54 Å². The van der Waals surface area contributed by atoms with Crippen LogP contribution in [0.15, 0.2) is 45.3 Å². The Morgan fingerprint density at radius 1 is 1.11 bits per heavy atom. The van der Waals surface area contributed by atoms with Gasteiger partial charge in [-0.2, -0.15) is 0 Å². The lowest BCUT2D eigenvalue weighted by Gasteiger charge is -2.12. The van der Waals surface area contributed by atoms with Gasteiger partial charge >= 0.3 is 0 Å². The topological polar surface area (TPSA) is 21.3 Å². The van der Waals surface area contributed by atoms with Crippen LogP contribution in [-0.2, 0) is 6.54 Å². The van der Waals surface area contributed by atoms with Gasteiger partial charge in [-0.1, -0.05) is 31.9 Å². The van der Waals surface area contributed by atoms with Crippen LogP contribution in [0.2, 0.25) is 0 Å². The summed E-state index contributed by atoms with van der Waals surface area (Å²) in [6.45, 7) is 0.517. The lowest BCUT2D eigenvalue weighted by atomic mass is 10.2. The molecule has 0 aromatic heterocycles. The molecule has 0 radical (unpaired) electrons. The largest absolute Gasteiger partial charge is 0.495 e. The Morgan fingerprint density at radius 2 is 1.89 bits per heavy atom. The van der Waals surface area contributed by atoms with Gasteiger partial charge in [0, 0.05) is 15.5 Å². The number of methoxy groups -OCH3 is 1. The standard InChI is InChI=1S/C14H12Br2FNO/c1-19-14-3-2-10(15)7-13(14)18-8-9-4-11(16)6-12(17)5-9/h2-7,18H,8H2,1H3. The lowest BCUT2D eigenvalue weighted by molar-refractivity contribution is 0.416. The van der Waals surface area contributed by atoms with Crippen LogP contribution in [0.5, 0.6) is 5.75 Å². The fraction of sp³-hybridized carbons (Fsp3) is 0.143. The van der Waals surface area contributed by atoms with Crippen molar-refractivity contribution in [3.05, 3.63) is 56.7 Å². The minimum atomic E-state index is -0.257. The first kappa shape index (κ1) is 14.3. The number of ether oxygens (including phenoxy) is 1. The zero-order chi connectivity index (χ0) is 13.8. The second kappa shape index (κ2) is 6.39. The van der Waals surface area contributed by atoms with E-state index in [1.165, 1.54) is 12.1 Å². The van der Waals surface area contributed by atoms with E-state index in [4.69, 9.17) is 4.74 Å². The summed E-state index contributed by atoms with van der Waals surface area (Å²) in [5.74, 6) is 0.492. The van der Waals surface area contributed by atoms with E-state index >= 15 is 0 Å². The average Bonchev–Trinajstić information content (AvgIpc) is 2.35. The van der Waals surface area contributed by atoms with Crippen LogP contribution in [0, 0.1) is 5.82 Å². The van der Waals surface area contributed by atoms with Crippen LogP contribution >= 0.6 is 31.9 Å². The third kappa shape index (κ3) is 3.94. The monoisotopic (exact) mass is 387 g/mol. The summed E-state index contributed by atoms with van der Waals surface area (Å²) < 4.78 is 20.2. The van der Waals surface area contributed by atoms with Crippen LogP contribution in [0.25, 0.3) is 0 Å². The third-order valence-corrected chi connectivity index (χ3v) is 3.52. The van der Waals surface area contributed by atoms with Crippen LogP contribution in [0.3, 0.4) is 0 Å². The molecule has 2 rings (SSSR count). The normalized spacial score (nSPS) is 10.3. The highest BCUT2D eigenvalue weighted by Gasteiger charge is 2.04. The molecule has 0 saturated heterocycles. The van der Waals surface area contributed by atoms with Crippen molar-refractivity contribution in [1.82, 2.24) is 0 Å². The van der Waals surface area contributed by atoms with Crippen molar-refractivity contribution < 1.29 is 9.13 Å². The van der Waals surface area contributed by atoms with Crippen molar-refractivity contribution in [2.75, 3.05) is 12.4 Å². The minimum Gasteiger partial charge on any atom is -0.495 e. The molecule has 0 aliphatic rings. The van der Waals surface area contributed by atoms with E-state index in [0.717, 1.165) is 25.9 Å². The van der Waals surface area contributed by atoms with E-state index < -0.39 is 0 Å². The second-order valence-electron chi connectivity index (χ2n) is 3.98. The van der Waals surface area contributed by atoms with Crippen molar-refractivity contribution in [3.63, 3.8) is 0 Å². The minimum absolute atomic E-state index is 0.257. The highest BCUT2D eigenvalue weighted by Crippen LogP contribution is 2.28. The second-order valence-corrected chi connectivity index (χ2v) is 5.81. The van der Waals surface area contributed by atoms with E-state index in [2.05, 4.69) is 37.2 Å². The van der Waals surface area contributed by atoms with Gasteiger partial charge in [0.2, 0.25) is 0 Å². The molecule has 19 heavy (non-hydrogen) atoms. The molecule has 0 aliphatic carbocycles. The van der Waals surface area contributed by atoms with Gasteiger partial charge in [0.1, 0.15) is 11.6 Å². The van der Waals surface area contributed by atoms with Crippen LogP contribution in [-0.4, -0.2) is 7.11 Å². The number of hydrogen-bond acceptors (Lipinski definition) is 2.